The van der Waals surface area contributed by atoms with Crippen LogP contribution in [-0.2, 0) is 6.54 Å². The monoisotopic (exact) mass is 221 g/mol. The van der Waals surface area contributed by atoms with Gasteiger partial charge in [0.2, 0.25) is 0 Å². The SMILES string of the molecule is Cc1cccc(CN(C)C(C)C(C)CN)n1. The van der Waals surface area contributed by atoms with Gasteiger partial charge in [-0.3, -0.25) is 9.88 Å². The summed E-state index contributed by atoms with van der Waals surface area (Å²) in [5.74, 6) is 0.509. The van der Waals surface area contributed by atoms with E-state index in [1.165, 1.54) is 0 Å². The summed E-state index contributed by atoms with van der Waals surface area (Å²) < 4.78 is 0. The molecule has 0 spiro atoms. The molecule has 1 heterocycles. The highest BCUT2D eigenvalue weighted by molar-refractivity contribution is 5.09. The summed E-state index contributed by atoms with van der Waals surface area (Å²) >= 11 is 0. The lowest BCUT2D eigenvalue weighted by molar-refractivity contribution is 0.192. The fraction of sp³-hybridized carbons (Fsp3) is 0.615. The average Bonchev–Trinajstić information content (AvgIpc) is 2.27. The smallest absolute Gasteiger partial charge is 0.0547 e. The Bertz CT molecular complexity index is 325. The lowest BCUT2D eigenvalue weighted by Crippen LogP contribution is -2.37. The Morgan fingerprint density at radius 1 is 1.38 bits per heavy atom. The van der Waals surface area contributed by atoms with E-state index in [4.69, 9.17) is 5.73 Å². The van der Waals surface area contributed by atoms with Crippen LogP contribution in [-0.4, -0.2) is 29.5 Å². The number of hydrogen-bond acceptors (Lipinski definition) is 3. The molecule has 2 atom stereocenters. The van der Waals surface area contributed by atoms with Crippen molar-refractivity contribution in [3.63, 3.8) is 0 Å². The van der Waals surface area contributed by atoms with Crippen LogP contribution in [0.15, 0.2) is 18.2 Å². The highest BCUT2D eigenvalue weighted by Crippen LogP contribution is 2.11. The van der Waals surface area contributed by atoms with Crippen LogP contribution >= 0.6 is 0 Å². The van der Waals surface area contributed by atoms with E-state index in [1.807, 2.05) is 13.0 Å². The van der Waals surface area contributed by atoms with Crippen LogP contribution < -0.4 is 5.73 Å². The van der Waals surface area contributed by atoms with Gasteiger partial charge < -0.3 is 5.73 Å². The van der Waals surface area contributed by atoms with Crippen molar-refractivity contribution >= 4 is 0 Å². The van der Waals surface area contributed by atoms with Gasteiger partial charge in [0.05, 0.1) is 5.69 Å². The molecule has 0 amide bonds. The van der Waals surface area contributed by atoms with Crippen molar-refractivity contribution in [2.24, 2.45) is 11.7 Å². The Labute approximate surface area is 98.7 Å². The highest BCUT2D eigenvalue weighted by Gasteiger charge is 2.15. The Morgan fingerprint density at radius 3 is 2.62 bits per heavy atom. The molecule has 1 aromatic heterocycles. The van der Waals surface area contributed by atoms with Crippen LogP contribution in [0, 0.1) is 12.8 Å². The average molecular weight is 221 g/mol. The topological polar surface area (TPSA) is 42.1 Å². The van der Waals surface area contributed by atoms with Crippen molar-refractivity contribution in [3.05, 3.63) is 29.6 Å². The van der Waals surface area contributed by atoms with E-state index in [0.717, 1.165) is 24.5 Å². The first kappa shape index (κ1) is 13.1. The van der Waals surface area contributed by atoms with Crippen LogP contribution in [0.4, 0.5) is 0 Å². The van der Waals surface area contributed by atoms with Crippen molar-refractivity contribution in [3.8, 4) is 0 Å². The molecule has 1 rings (SSSR count). The van der Waals surface area contributed by atoms with Crippen molar-refractivity contribution in [2.45, 2.75) is 33.4 Å². The first-order chi connectivity index (χ1) is 7.54. The fourth-order valence-electron chi connectivity index (χ4n) is 1.72. The second kappa shape index (κ2) is 5.97. The zero-order valence-corrected chi connectivity index (χ0v) is 10.8. The van der Waals surface area contributed by atoms with Crippen LogP contribution in [0.3, 0.4) is 0 Å². The van der Waals surface area contributed by atoms with Crippen LogP contribution in [0.5, 0.6) is 0 Å². The molecule has 90 valence electrons. The Kier molecular flexibility index (Phi) is 4.90. The highest BCUT2D eigenvalue weighted by atomic mass is 15.1. The maximum Gasteiger partial charge on any atom is 0.0547 e. The minimum absolute atomic E-state index is 0.479. The molecule has 0 aromatic carbocycles. The van der Waals surface area contributed by atoms with Gasteiger partial charge in [-0.05, 0) is 45.5 Å². The molecular weight excluding hydrogens is 198 g/mol. The van der Waals surface area contributed by atoms with Crippen LogP contribution in [0.1, 0.15) is 25.2 Å². The van der Waals surface area contributed by atoms with Gasteiger partial charge in [0.1, 0.15) is 0 Å². The number of rotatable bonds is 5. The number of pyridine rings is 1. The van der Waals surface area contributed by atoms with E-state index in [-0.39, 0.29) is 0 Å². The molecule has 16 heavy (non-hydrogen) atoms. The first-order valence-corrected chi connectivity index (χ1v) is 5.87. The molecule has 0 radical (unpaired) electrons. The fourth-order valence-corrected chi connectivity index (χ4v) is 1.72. The molecule has 0 fully saturated rings. The molecule has 2 N–H and O–H groups in total. The van der Waals surface area contributed by atoms with Crippen molar-refractivity contribution in [1.29, 1.82) is 0 Å². The minimum Gasteiger partial charge on any atom is -0.330 e. The summed E-state index contributed by atoms with van der Waals surface area (Å²) in [6.07, 6.45) is 0. The first-order valence-electron chi connectivity index (χ1n) is 5.87. The van der Waals surface area contributed by atoms with Gasteiger partial charge in [-0.1, -0.05) is 13.0 Å². The molecule has 0 aliphatic heterocycles. The van der Waals surface area contributed by atoms with E-state index >= 15 is 0 Å². The maximum absolute atomic E-state index is 5.69. The Morgan fingerprint density at radius 2 is 2.06 bits per heavy atom. The molecule has 0 aliphatic rings. The van der Waals surface area contributed by atoms with Gasteiger partial charge in [-0.25, -0.2) is 0 Å². The Hall–Kier alpha value is -0.930. The van der Waals surface area contributed by atoms with E-state index in [0.29, 0.717) is 12.0 Å². The van der Waals surface area contributed by atoms with Crippen molar-refractivity contribution in [1.82, 2.24) is 9.88 Å². The summed E-state index contributed by atoms with van der Waals surface area (Å²) in [5, 5.41) is 0. The second-order valence-corrected chi connectivity index (χ2v) is 4.64. The number of aromatic nitrogens is 1. The molecule has 0 saturated heterocycles. The molecule has 2 unspecified atom stereocenters. The van der Waals surface area contributed by atoms with Gasteiger partial charge in [0.25, 0.3) is 0 Å². The lowest BCUT2D eigenvalue weighted by atomic mass is 10.0. The van der Waals surface area contributed by atoms with Crippen LogP contribution in [0.25, 0.3) is 0 Å². The van der Waals surface area contributed by atoms with Crippen molar-refractivity contribution in [2.75, 3.05) is 13.6 Å². The molecule has 3 heteroatoms. The minimum atomic E-state index is 0.479. The summed E-state index contributed by atoms with van der Waals surface area (Å²) in [7, 11) is 2.13. The van der Waals surface area contributed by atoms with Crippen molar-refractivity contribution < 1.29 is 0 Å². The van der Waals surface area contributed by atoms with Gasteiger partial charge in [-0.15, -0.1) is 0 Å². The molecule has 0 bridgehead atoms. The predicted molar refractivity (Wildman–Crippen MR) is 68.1 cm³/mol. The maximum atomic E-state index is 5.69. The number of nitrogens with two attached hydrogens (primary N) is 1. The second-order valence-electron chi connectivity index (χ2n) is 4.64. The quantitative estimate of drug-likeness (QED) is 0.824. The summed E-state index contributed by atoms with van der Waals surface area (Å²) in [4.78, 5) is 6.81. The molecule has 1 aromatic rings. The molecule has 0 saturated carbocycles. The summed E-state index contributed by atoms with van der Waals surface area (Å²) in [6.45, 7) is 8.04. The zero-order valence-electron chi connectivity index (χ0n) is 10.8. The van der Waals surface area contributed by atoms with Gasteiger partial charge >= 0.3 is 0 Å². The zero-order chi connectivity index (χ0) is 12.1. The summed E-state index contributed by atoms with van der Waals surface area (Å²) in [6, 6.07) is 6.63. The third-order valence-corrected chi connectivity index (χ3v) is 3.25. The number of hydrogen-bond donors (Lipinski definition) is 1. The lowest BCUT2D eigenvalue weighted by Gasteiger charge is -2.28. The van der Waals surface area contributed by atoms with E-state index < -0.39 is 0 Å². The van der Waals surface area contributed by atoms with E-state index in [2.05, 4.69) is 42.9 Å². The molecule has 0 aliphatic carbocycles. The van der Waals surface area contributed by atoms with Gasteiger partial charge in [0, 0.05) is 18.3 Å². The molecular formula is C13H23N3. The van der Waals surface area contributed by atoms with E-state index in [1.54, 1.807) is 0 Å². The predicted octanol–water partition coefficient (Wildman–Crippen LogP) is 1.81. The number of nitrogens with zero attached hydrogens (tertiary/aromatic N) is 2. The van der Waals surface area contributed by atoms with Crippen LogP contribution in [0.2, 0.25) is 0 Å². The summed E-state index contributed by atoms with van der Waals surface area (Å²) in [5.41, 5.74) is 7.88. The molecule has 3 nitrogen and oxygen atoms in total. The standard InChI is InChI=1S/C13H23N3/c1-10(8-14)12(3)16(4)9-13-7-5-6-11(2)15-13/h5-7,10,12H,8-9,14H2,1-4H3. The normalized spacial score (nSPS) is 15.1. The number of aryl methyl sites for hydroxylation is 1. The van der Waals surface area contributed by atoms with E-state index in [9.17, 15) is 0 Å². The third-order valence-electron chi connectivity index (χ3n) is 3.25. The Balaban J connectivity index is 2.60. The third kappa shape index (κ3) is 3.58. The largest absolute Gasteiger partial charge is 0.330 e. The van der Waals surface area contributed by atoms with Gasteiger partial charge in [0.15, 0.2) is 0 Å². The van der Waals surface area contributed by atoms with Gasteiger partial charge in [-0.2, -0.15) is 0 Å².